The van der Waals surface area contributed by atoms with Gasteiger partial charge in [-0.1, -0.05) is 0 Å². The van der Waals surface area contributed by atoms with Gasteiger partial charge in [-0.15, -0.1) is 0 Å². The second kappa shape index (κ2) is 4.06. The normalized spacial score (nSPS) is 10.6. The summed E-state index contributed by atoms with van der Waals surface area (Å²) in [6.07, 6.45) is 0. The minimum Gasteiger partial charge on any atom is -0.508 e. The number of hydrogen-bond donors (Lipinski definition) is 2. The van der Waals surface area contributed by atoms with Crippen LogP contribution in [0.25, 0.3) is 11.0 Å². The van der Waals surface area contributed by atoms with Crippen molar-refractivity contribution >= 4 is 16.9 Å². The zero-order chi connectivity index (χ0) is 13.4. The number of esters is 1. The first-order chi connectivity index (χ1) is 8.45. The lowest BCUT2D eigenvalue weighted by Crippen LogP contribution is -2.14. The van der Waals surface area contributed by atoms with Crippen molar-refractivity contribution in [1.82, 2.24) is 0 Å². The highest BCUT2D eigenvalue weighted by Gasteiger charge is 2.20. The largest absolute Gasteiger partial charge is 0.508 e. The van der Waals surface area contributed by atoms with Gasteiger partial charge in [0.2, 0.25) is 5.76 Å². The molecule has 1 aromatic heterocycles. The van der Waals surface area contributed by atoms with Crippen LogP contribution in [0.4, 0.5) is 0 Å². The highest BCUT2D eigenvalue weighted by atomic mass is 16.5. The summed E-state index contributed by atoms with van der Waals surface area (Å²) in [6.45, 7) is 1.39. The highest BCUT2D eigenvalue weighted by Crippen LogP contribution is 2.28. The fourth-order valence-electron chi connectivity index (χ4n) is 1.66. The van der Waals surface area contributed by atoms with Gasteiger partial charge in [0.05, 0.1) is 7.11 Å². The minimum atomic E-state index is -0.797. The Morgan fingerprint density at radius 2 is 2.00 bits per heavy atom. The number of hydrogen-bond acceptors (Lipinski definition) is 6. The lowest BCUT2D eigenvalue weighted by Gasteiger charge is -2.06. The van der Waals surface area contributed by atoms with Gasteiger partial charge >= 0.3 is 5.97 Å². The molecule has 0 saturated heterocycles. The van der Waals surface area contributed by atoms with E-state index in [9.17, 15) is 19.8 Å². The van der Waals surface area contributed by atoms with Crippen LogP contribution in [0.3, 0.4) is 0 Å². The van der Waals surface area contributed by atoms with Gasteiger partial charge in [-0.2, -0.15) is 0 Å². The molecule has 2 N–H and O–H groups in total. The van der Waals surface area contributed by atoms with Crippen LogP contribution in [0.15, 0.2) is 21.3 Å². The summed E-state index contributed by atoms with van der Waals surface area (Å²) in [7, 11) is 1.16. The van der Waals surface area contributed by atoms with Crippen molar-refractivity contribution in [3.8, 4) is 11.5 Å². The molecule has 6 heteroatoms. The van der Waals surface area contributed by atoms with E-state index in [1.807, 2.05) is 0 Å². The number of ether oxygens (including phenoxy) is 1. The maximum atomic E-state index is 12.0. The van der Waals surface area contributed by atoms with Crippen LogP contribution in [0.5, 0.6) is 11.5 Å². The number of aromatic hydroxyl groups is 2. The molecule has 0 aliphatic carbocycles. The molecule has 0 aliphatic heterocycles. The van der Waals surface area contributed by atoms with Gasteiger partial charge in [-0.05, 0) is 6.92 Å². The molecule has 6 nitrogen and oxygen atoms in total. The fourth-order valence-corrected chi connectivity index (χ4v) is 1.66. The summed E-state index contributed by atoms with van der Waals surface area (Å²) in [5.74, 6) is -1.73. The monoisotopic (exact) mass is 250 g/mol. The molecule has 0 radical (unpaired) electrons. The second-order valence-electron chi connectivity index (χ2n) is 3.71. The van der Waals surface area contributed by atoms with Crippen molar-refractivity contribution in [3.05, 3.63) is 33.7 Å². The first-order valence-electron chi connectivity index (χ1n) is 5.03. The van der Waals surface area contributed by atoms with E-state index in [2.05, 4.69) is 4.74 Å². The maximum absolute atomic E-state index is 12.0. The second-order valence-corrected chi connectivity index (χ2v) is 3.71. The smallest absolute Gasteiger partial charge is 0.374 e. The Morgan fingerprint density at radius 1 is 1.33 bits per heavy atom. The van der Waals surface area contributed by atoms with Crippen LogP contribution in [0.2, 0.25) is 0 Å². The summed E-state index contributed by atoms with van der Waals surface area (Å²) >= 11 is 0. The minimum absolute atomic E-state index is 0.0374. The molecular formula is C12H10O6. The third kappa shape index (κ3) is 1.67. The highest BCUT2D eigenvalue weighted by molar-refractivity contribution is 5.92. The standard InChI is InChI=1S/C12H10O6/c1-5-10(15)9-7(14)3-6(13)4-8(9)18-11(5)12(16)17-2/h3-4,13-14H,1-2H3. The quantitative estimate of drug-likeness (QED) is 0.740. The molecule has 2 aromatic rings. The molecule has 0 saturated carbocycles. The molecule has 0 amide bonds. The number of carbonyl (C=O) groups excluding carboxylic acids is 1. The molecule has 0 unspecified atom stereocenters. The summed E-state index contributed by atoms with van der Waals surface area (Å²) in [6, 6.07) is 2.17. The number of rotatable bonds is 1. The summed E-state index contributed by atoms with van der Waals surface area (Å²) < 4.78 is 9.68. The molecule has 0 fully saturated rings. The first-order valence-corrected chi connectivity index (χ1v) is 5.03. The third-order valence-corrected chi connectivity index (χ3v) is 2.56. The molecule has 1 heterocycles. The lowest BCUT2D eigenvalue weighted by molar-refractivity contribution is 0.0564. The number of phenolic OH excluding ortho intramolecular Hbond substituents is 2. The van der Waals surface area contributed by atoms with Crippen LogP contribution in [-0.4, -0.2) is 23.3 Å². The molecule has 0 bridgehead atoms. The zero-order valence-corrected chi connectivity index (χ0v) is 9.68. The summed E-state index contributed by atoms with van der Waals surface area (Å²) in [5.41, 5.74) is -0.590. The SMILES string of the molecule is COC(=O)c1oc2cc(O)cc(O)c2c(=O)c1C. The lowest BCUT2D eigenvalue weighted by atomic mass is 10.1. The molecule has 2 rings (SSSR count). The van der Waals surface area contributed by atoms with E-state index in [0.717, 1.165) is 19.2 Å². The van der Waals surface area contributed by atoms with Crippen molar-refractivity contribution < 1.29 is 24.2 Å². The Morgan fingerprint density at radius 3 is 2.61 bits per heavy atom. The van der Waals surface area contributed by atoms with Crippen molar-refractivity contribution in [1.29, 1.82) is 0 Å². The molecule has 18 heavy (non-hydrogen) atoms. The van der Waals surface area contributed by atoms with Crippen molar-refractivity contribution in [3.63, 3.8) is 0 Å². The predicted molar refractivity (Wildman–Crippen MR) is 61.9 cm³/mol. The van der Waals surface area contributed by atoms with Gasteiger partial charge in [0.25, 0.3) is 0 Å². The van der Waals surface area contributed by atoms with E-state index in [-0.39, 0.29) is 28.0 Å². The fraction of sp³-hybridized carbons (Fsp3) is 0.167. The topological polar surface area (TPSA) is 97.0 Å². The Bertz CT molecular complexity index is 698. The molecule has 0 spiro atoms. The van der Waals surface area contributed by atoms with Gasteiger partial charge in [-0.3, -0.25) is 4.79 Å². The summed E-state index contributed by atoms with van der Waals surface area (Å²) in [4.78, 5) is 23.4. The van der Waals surface area contributed by atoms with Crippen LogP contribution < -0.4 is 5.43 Å². The molecule has 1 aromatic carbocycles. The molecule has 0 atom stereocenters. The average molecular weight is 250 g/mol. The molecule has 0 aliphatic rings. The van der Waals surface area contributed by atoms with E-state index >= 15 is 0 Å². The van der Waals surface area contributed by atoms with E-state index in [0.29, 0.717) is 0 Å². The number of phenols is 2. The Kier molecular flexibility index (Phi) is 2.70. The van der Waals surface area contributed by atoms with Crippen LogP contribution in [0.1, 0.15) is 16.1 Å². The first kappa shape index (κ1) is 12.0. The van der Waals surface area contributed by atoms with Crippen LogP contribution >= 0.6 is 0 Å². The molecular weight excluding hydrogens is 240 g/mol. The average Bonchev–Trinajstić information content (AvgIpc) is 2.31. The third-order valence-electron chi connectivity index (χ3n) is 2.56. The van der Waals surface area contributed by atoms with Gasteiger partial charge in [0.1, 0.15) is 22.5 Å². The van der Waals surface area contributed by atoms with E-state index in [1.54, 1.807) is 0 Å². The van der Waals surface area contributed by atoms with Crippen LogP contribution in [0, 0.1) is 6.92 Å². The van der Waals surface area contributed by atoms with Crippen molar-refractivity contribution in [2.75, 3.05) is 7.11 Å². The Hall–Kier alpha value is -2.50. The van der Waals surface area contributed by atoms with Gasteiger partial charge < -0.3 is 19.4 Å². The zero-order valence-electron chi connectivity index (χ0n) is 9.68. The number of methoxy groups -OCH3 is 1. The maximum Gasteiger partial charge on any atom is 0.374 e. The van der Waals surface area contributed by atoms with E-state index in [4.69, 9.17) is 4.42 Å². The number of benzene rings is 1. The Balaban J connectivity index is 2.92. The molecule has 94 valence electrons. The van der Waals surface area contributed by atoms with Gasteiger partial charge in [-0.25, -0.2) is 4.79 Å². The van der Waals surface area contributed by atoms with Gasteiger partial charge in [0.15, 0.2) is 5.43 Å². The van der Waals surface area contributed by atoms with Crippen molar-refractivity contribution in [2.24, 2.45) is 0 Å². The predicted octanol–water partition coefficient (Wildman–Crippen LogP) is 1.30. The Labute approximate surface area is 101 Å². The van der Waals surface area contributed by atoms with E-state index in [1.165, 1.54) is 6.92 Å². The van der Waals surface area contributed by atoms with E-state index < -0.39 is 17.1 Å². The van der Waals surface area contributed by atoms with Gasteiger partial charge in [0, 0.05) is 17.7 Å². The number of carbonyl (C=O) groups is 1. The summed E-state index contributed by atoms with van der Waals surface area (Å²) in [5, 5.41) is 18.8. The van der Waals surface area contributed by atoms with Crippen molar-refractivity contribution in [2.45, 2.75) is 6.92 Å². The number of fused-ring (bicyclic) bond motifs is 1. The van der Waals surface area contributed by atoms with Crippen LogP contribution in [-0.2, 0) is 4.74 Å².